The van der Waals surface area contributed by atoms with E-state index in [1.54, 1.807) is 0 Å². The van der Waals surface area contributed by atoms with Gasteiger partial charge in [0.05, 0.1) is 11.8 Å². The van der Waals surface area contributed by atoms with Crippen molar-refractivity contribution in [1.82, 2.24) is 4.90 Å². The van der Waals surface area contributed by atoms with Crippen LogP contribution in [0.15, 0.2) is 90.1 Å². The number of hydrogen-bond donors (Lipinski definition) is 1. The van der Waals surface area contributed by atoms with E-state index in [0.717, 1.165) is 28.8 Å². The highest BCUT2D eigenvalue weighted by atomic mass is 35.5. The lowest BCUT2D eigenvalue weighted by Crippen LogP contribution is -2.35. The molecule has 1 heterocycles. The molecular weight excluding hydrogens is 396 g/mol. The predicted molar refractivity (Wildman–Crippen MR) is 121 cm³/mol. The van der Waals surface area contributed by atoms with Gasteiger partial charge >= 0.3 is 0 Å². The molecule has 3 aromatic rings. The average Bonchev–Trinajstić information content (AvgIpc) is 3.23. The maximum absolute atomic E-state index is 10.8. The summed E-state index contributed by atoms with van der Waals surface area (Å²) >= 11 is 6.18. The van der Waals surface area contributed by atoms with Crippen LogP contribution in [0.2, 0.25) is 5.02 Å². The van der Waals surface area contributed by atoms with Gasteiger partial charge in [-0.15, -0.1) is 0 Å². The first kappa shape index (κ1) is 20.6. The zero-order valence-corrected chi connectivity index (χ0v) is 17.4. The summed E-state index contributed by atoms with van der Waals surface area (Å²) in [6.07, 6.45) is 0.112. The number of rotatable bonds is 8. The van der Waals surface area contributed by atoms with Crippen LogP contribution in [-0.4, -0.2) is 34.9 Å². The third kappa shape index (κ3) is 5.48. The molecule has 2 atom stereocenters. The van der Waals surface area contributed by atoms with E-state index in [9.17, 15) is 5.11 Å². The van der Waals surface area contributed by atoms with Gasteiger partial charge in [0.25, 0.3) is 0 Å². The van der Waals surface area contributed by atoms with E-state index in [4.69, 9.17) is 16.4 Å². The van der Waals surface area contributed by atoms with Crippen LogP contribution >= 0.6 is 11.6 Å². The van der Waals surface area contributed by atoms with E-state index in [0.29, 0.717) is 24.7 Å². The van der Waals surface area contributed by atoms with Crippen molar-refractivity contribution in [1.29, 1.82) is 0 Å². The van der Waals surface area contributed by atoms with Crippen LogP contribution in [0.5, 0.6) is 0 Å². The van der Waals surface area contributed by atoms with E-state index in [2.05, 4.69) is 16.1 Å². The van der Waals surface area contributed by atoms with E-state index >= 15 is 0 Å². The third-order valence-corrected chi connectivity index (χ3v) is 5.45. The molecule has 4 nitrogen and oxygen atoms in total. The Balaban J connectivity index is 1.45. The largest absolute Gasteiger partial charge is 0.390 e. The van der Waals surface area contributed by atoms with Crippen molar-refractivity contribution in [3.8, 4) is 0 Å². The maximum atomic E-state index is 10.8. The SMILES string of the molecule is O[C@@H](CN(Cc1cccc(Cl)c1)C[C@@H]1CC(c2ccccc2)=NO1)c1ccccc1. The lowest BCUT2D eigenvalue weighted by molar-refractivity contribution is 0.0318. The number of nitrogens with zero attached hydrogens (tertiary/aromatic N) is 2. The lowest BCUT2D eigenvalue weighted by Gasteiger charge is -2.27. The van der Waals surface area contributed by atoms with Gasteiger partial charge in [-0.3, -0.25) is 4.90 Å². The van der Waals surface area contributed by atoms with Crippen LogP contribution in [0.1, 0.15) is 29.2 Å². The Morgan fingerprint density at radius 1 is 1.00 bits per heavy atom. The Morgan fingerprint density at radius 2 is 1.73 bits per heavy atom. The summed E-state index contributed by atoms with van der Waals surface area (Å²) in [5.41, 5.74) is 4.06. The molecule has 0 radical (unpaired) electrons. The molecule has 0 bridgehead atoms. The van der Waals surface area contributed by atoms with Gasteiger partial charge < -0.3 is 9.94 Å². The highest BCUT2D eigenvalue weighted by Gasteiger charge is 2.26. The first-order valence-corrected chi connectivity index (χ1v) is 10.5. The van der Waals surface area contributed by atoms with Gasteiger partial charge in [0.15, 0.2) is 0 Å². The van der Waals surface area contributed by atoms with Crippen molar-refractivity contribution in [3.63, 3.8) is 0 Å². The Bertz CT molecular complexity index is 979. The van der Waals surface area contributed by atoms with Crippen molar-refractivity contribution < 1.29 is 9.94 Å². The average molecular weight is 421 g/mol. The first-order chi connectivity index (χ1) is 14.7. The fourth-order valence-electron chi connectivity index (χ4n) is 3.74. The Labute approximate surface area is 182 Å². The normalized spacial score (nSPS) is 16.9. The van der Waals surface area contributed by atoms with Crippen LogP contribution in [0, 0.1) is 0 Å². The summed E-state index contributed by atoms with van der Waals surface area (Å²) in [7, 11) is 0. The fourth-order valence-corrected chi connectivity index (χ4v) is 3.95. The van der Waals surface area contributed by atoms with Gasteiger partial charge in [-0.2, -0.15) is 0 Å². The molecule has 0 aromatic heterocycles. The van der Waals surface area contributed by atoms with Crippen molar-refractivity contribution in [2.75, 3.05) is 13.1 Å². The Kier molecular flexibility index (Phi) is 6.80. The van der Waals surface area contributed by atoms with Gasteiger partial charge in [0.1, 0.15) is 6.10 Å². The van der Waals surface area contributed by atoms with Crippen LogP contribution < -0.4 is 0 Å². The number of benzene rings is 3. The van der Waals surface area contributed by atoms with Gasteiger partial charge in [0, 0.05) is 31.1 Å². The molecule has 30 heavy (non-hydrogen) atoms. The van der Waals surface area contributed by atoms with E-state index in [-0.39, 0.29) is 6.10 Å². The smallest absolute Gasteiger partial charge is 0.145 e. The van der Waals surface area contributed by atoms with Crippen LogP contribution in [-0.2, 0) is 11.4 Å². The van der Waals surface area contributed by atoms with Gasteiger partial charge in [-0.25, -0.2) is 0 Å². The second-order valence-corrected chi connectivity index (χ2v) is 8.02. The minimum Gasteiger partial charge on any atom is -0.390 e. The number of hydrogen-bond acceptors (Lipinski definition) is 4. The molecule has 1 aliphatic heterocycles. The minimum absolute atomic E-state index is 0.0534. The van der Waals surface area contributed by atoms with Crippen molar-refractivity contribution >= 4 is 17.3 Å². The Morgan fingerprint density at radius 3 is 2.47 bits per heavy atom. The molecule has 0 aliphatic carbocycles. The Hall–Kier alpha value is -2.66. The third-order valence-electron chi connectivity index (χ3n) is 5.21. The highest BCUT2D eigenvalue weighted by molar-refractivity contribution is 6.30. The monoisotopic (exact) mass is 420 g/mol. The molecule has 5 heteroatoms. The fraction of sp³-hybridized carbons (Fsp3) is 0.240. The molecule has 0 saturated carbocycles. The summed E-state index contributed by atoms with van der Waals surface area (Å²) < 4.78 is 0. The molecule has 0 fully saturated rings. The molecular formula is C25H25ClN2O2. The highest BCUT2D eigenvalue weighted by Crippen LogP contribution is 2.22. The summed E-state index contributed by atoms with van der Waals surface area (Å²) in [4.78, 5) is 7.94. The second-order valence-electron chi connectivity index (χ2n) is 7.59. The van der Waals surface area contributed by atoms with Gasteiger partial charge in [0.2, 0.25) is 0 Å². The summed E-state index contributed by atoms with van der Waals surface area (Å²) in [6, 6.07) is 27.7. The number of aliphatic hydroxyl groups is 1. The lowest BCUT2D eigenvalue weighted by atomic mass is 10.0. The molecule has 0 amide bonds. The molecule has 154 valence electrons. The van der Waals surface area contributed by atoms with E-state index in [1.165, 1.54) is 0 Å². The second kappa shape index (κ2) is 9.90. The van der Waals surface area contributed by atoms with Gasteiger partial charge in [-0.05, 0) is 28.8 Å². The predicted octanol–water partition coefficient (Wildman–Crippen LogP) is 5.07. The van der Waals surface area contributed by atoms with Crippen LogP contribution in [0.25, 0.3) is 0 Å². The van der Waals surface area contributed by atoms with Gasteiger partial charge in [-0.1, -0.05) is 89.6 Å². The summed E-state index contributed by atoms with van der Waals surface area (Å²) in [5.74, 6) is 0. The molecule has 4 rings (SSSR count). The number of aliphatic hydroxyl groups excluding tert-OH is 1. The standard InChI is InChI=1S/C25H25ClN2O2/c26-22-13-7-8-19(14-22)16-28(18-25(29)21-11-5-2-6-12-21)17-23-15-24(27-30-23)20-9-3-1-4-10-20/h1-14,23,25,29H,15-18H2/t23-,25-/m0/s1. The molecule has 0 saturated heterocycles. The van der Waals surface area contributed by atoms with E-state index < -0.39 is 6.10 Å². The van der Waals surface area contributed by atoms with E-state index in [1.807, 2.05) is 78.9 Å². The first-order valence-electron chi connectivity index (χ1n) is 10.2. The molecule has 0 unspecified atom stereocenters. The summed E-state index contributed by atoms with van der Waals surface area (Å²) in [5, 5.41) is 15.8. The van der Waals surface area contributed by atoms with Crippen molar-refractivity contribution in [2.45, 2.75) is 25.2 Å². The molecule has 1 N–H and O–H groups in total. The van der Waals surface area contributed by atoms with Crippen molar-refractivity contribution in [2.24, 2.45) is 5.16 Å². The number of oxime groups is 1. The maximum Gasteiger partial charge on any atom is 0.145 e. The molecule has 0 spiro atoms. The zero-order valence-electron chi connectivity index (χ0n) is 16.7. The minimum atomic E-state index is -0.582. The van der Waals surface area contributed by atoms with Crippen LogP contribution in [0.3, 0.4) is 0 Å². The molecule has 1 aliphatic rings. The topological polar surface area (TPSA) is 45.1 Å². The number of halogens is 1. The quantitative estimate of drug-likeness (QED) is 0.553. The van der Waals surface area contributed by atoms with Crippen LogP contribution in [0.4, 0.5) is 0 Å². The zero-order chi connectivity index (χ0) is 20.8. The summed E-state index contributed by atoms with van der Waals surface area (Å²) in [6.45, 7) is 1.83. The van der Waals surface area contributed by atoms with Crippen molar-refractivity contribution in [3.05, 3.63) is 107 Å². The molecule has 3 aromatic carbocycles.